The molecule has 0 bridgehead atoms. The van der Waals surface area contributed by atoms with Crippen LogP contribution in [0.2, 0.25) is 0 Å². The van der Waals surface area contributed by atoms with Crippen molar-refractivity contribution in [3.63, 3.8) is 0 Å². The zero-order valence-electron chi connectivity index (χ0n) is 84.4. The first-order chi connectivity index (χ1) is 66.7. The summed E-state index contributed by atoms with van der Waals surface area (Å²) in [5.74, 6) is 3.62. The summed E-state index contributed by atoms with van der Waals surface area (Å²) < 4.78 is 77.8. The van der Waals surface area contributed by atoms with Gasteiger partial charge in [-0.2, -0.15) is 0 Å². The predicted molar refractivity (Wildman–Crippen MR) is 544 cm³/mol. The molecule has 0 unspecified atom stereocenters. The molecule has 0 amide bonds. The van der Waals surface area contributed by atoms with E-state index in [2.05, 4.69) is 13.8 Å². The molecule has 0 heterocycles. The molecular weight excluding hydrogens is 1750 g/mol. The van der Waals surface area contributed by atoms with Gasteiger partial charge in [-0.15, -0.1) is 0 Å². The summed E-state index contributed by atoms with van der Waals surface area (Å²) >= 11 is 0. The lowest BCUT2D eigenvalue weighted by Crippen LogP contribution is -2.15. The Kier molecular flexibility index (Phi) is 66.4. The summed E-state index contributed by atoms with van der Waals surface area (Å²) in [6, 6.07) is 74.9. The van der Waals surface area contributed by atoms with Crippen LogP contribution in [-0.4, -0.2) is 134 Å². The Morgan fingerprint density at radius 2 is 0.399 bits per heavy atom. The van der Waals surface area contributed by atoms with Crippen LogP contribution in [0.1, 0.15) is 224 Å². The molecule has 23 heteroatoms. The predicted octanol–water partition coefficient (Wildman–Crippen LogP) is 25.2. The molecule has 0 aliphatic carbocycles. The Hall–Kier alpha value is -12.5. The molecule has 748 valence electrons. The quantitative estimate of drug-likeness (QED) is 0.0195. The zero-order chi connectivity index (χ0) is 101. The van der Waals surface area contributed by atoms with Gasteiger partial charge in [0, 0.05) is 91.8 Å². The lowest BCUT2D eigenvalue weighted by Gasteiger charge is -2.07. The van der Waals surface area contributed by atoms with Gasteiger partial charge in [-0.25, -0.2) is 9.59 Å². The van der Waals surface area contributed by atoms with Crippen LogP contribution in [0.15, 0.2) is 243 Å². The van der Waals surface area contributed by atoms with E-state index in [-0.39, 0.29) is 60.8 Å². The Balaban J connectivity index is 0.000000407. The van der Waals surface area contributed by atoms with Gasteiger partial charge in [-0.05, 0) is 287 Å². The molecule has 0 saturated carbocycles. The van der Waals surface area contributed by atoms with Crippen molar-refractivity contribution in [2.24, 2.45) is 0 Å². The van der Waals surface area contributed by atoms with E-state index in [4.69, 9.17) is 71.1 Å². The van der Waals surface area contributed by atoms with Crippen molar-refractivity contribution in [1.82, 2.24) is 0 Å². The van der Waals surface area contributed by atoms with Gasteiger partial charge in [0.05, 0.1) is 31.6 Å². The second kappa shape index (κ2) is 76.6. The molecule has 23 nitrogen and oxygen atoms in total. The molecule has 10 rings (SSSR count). The normalized spacial score (nSPS) is 10.2. The van der Waals surface area contributed by atoms with Gasteiger partial charge >= 0.3 is 47.8 Å². The number of carbonyl (C=O) groups is 8. The minimum Gasteiger partial charge on any atom is -0.493 e. The van der Waals surface area contributed by atoms with Crippen LogP contribution >= 0.6 is 0 Å². The molecule has 0 fully saturated rings. The molecular formula is C115H150O23. The van der Waals surface area contributed by atoms with E-state index in [9.17, 15) is 38.4 Å². The summed E-state index contributed by atoms with van der Waals surface area (Å²) in [7, 11) is 0. The molecule has 10 aromatic carbocycles. The Bertz CT molecular complexity index is 4880. The molecule has 0 radical (unpaired) electrons. The number of carbonyl (C=O) groups excluding carboxylic acids is 8. The smallest absolute Gasteiger partial charge is 0.343 e. The number of hydrogen-bond acceptors (Lipinski definition) is 23. The highest BCUT2D eigenvalue weighted by molar-refractivity contribution is 5.91. The van der Waals surface area contributed by atoms with E-state index in [1.54, 1.807) is 72.8 Å². The van der Waals surface area contributed by atoms with Crippen LogP contribution in [0.4, 0.5) is 0 Å². The van der Waals surface area contributed by atoms with Gasteiger partial charge in [-0.3, -0.25) is 28.8 Å². The van der Waals surface area contributed by atoms with Crippen LogP contribution in [0.3, 0.4) is 0 Å². The summed E-state index contributed by atoms with van der Waals surface area (Å²) in [5.41, 5.74) is 12.2. The van der Waals surface area contributed by atoms with Crippen molar-refractivity contribution in [1.29, 1.82) is 0 Å². The van der Waals surface area contributed by atoms with Gasteiger partial charge in [-0.1, -0.05) is 199 Å². The summed E-state index contributed by atoms with van der Waals surface area (Å²) in [6.45, 7) is 39.5. The van der Waals surface area contributed by atoms with Crippen LogP contribution in [0.25, 0.3) is 0 Å². The molecule has 138 heavy (non-hydrogen) atoms. The third kappa shape index (κ3) is 62.3. The van der Waals surface area contributed by atoms with E-state index < -0.39 is 0 Å². The fourth-order valence-electron chi connectivity index (χ4n) is 11.6. The molecule has 0 spiro atoms. The Labute approximate surface area is 820 Å². The molecule has 0 aromatic heterocycles. The third-order valence-electron chi connectivity index (χ3n) is 19.6. The highest BCUT2D eigenvalue weighted by Gasteiger charge is 2.14. The number of hydrogen-bond donors (Lipinski definition) is 0. The number of unbranched alkanes of at least 4 members (excludes halogenated alkanes) is 6. The highest BCUT2D eigenvalue weighted by atomic mass is 16.6. The van der Waals surface area contributed by atoms with Crippen molar-refractivity contribution < 1.29 is 109 Å². The van der Waals surface area contributed by atoms with Gasteiger partial charge in [0.1, 0.15) is 58.4 Å². The number of ether oxygens (including phenoxy) is 15. The van der Waals surface area contributed by atoms with Crippen LogP contribution in [-0.2, 0) is 74.8 Å². The second-order valence-corrected chi connectivity index (χ2v) is 31.8. The minimum absolute atomic E-state index is 0.00434. The standard InChI is InChI=1S/C18H20O3.C16H24O3.C16H16O2.C15H22O3.C14H20O3.C13H18O3.C12H16O3.C11H14O3/c1-3-15-6-10-16(11-7-15)20-13-12-18(19)21-17-8-4-14(2)5-9-17;1-3-18-13-7-5-4-6-8-16(17)19-15-11-9-14(2)10-12-15;1-3-13-6-8-14(9-7-13)16(17)18-15-10-4-12(2)5-11-15;1-3-17-12-6-4-5-7-15(16)18-14-10-8-13(2)9-11-14;1-3-16-11-5-4-6-14(15)17-13-9-7-12(2)8-10-13;1-3-15-10-4-5-13(14)16-12-8-6-11(2)7-9-12;1-3-14-9-8-12(13)15-11-6-4-10(2)5-7-11;1-3-13-8-11(12)14-10-6-4-9(2)5-7-10/h4-11H,3,12-13H2,1-2H3;9-12H,3-8,13H2,1-2H3;4-11H,3H2,1-2H3;8-11H,3-7,12H2,1-2H3;7-10H,3-6,11H2,1-2H3;6-9H,3-5,10H2,1-2H3;4-7H,3,8-9H2,1-2H3;4-7H,3,8H2,1-2H3. The minimum atomic E-state index is -0.365. The molecule has 0 N–H and O–H groups in total. The topological polar surface area (TPSA) is 275 Å². The average Bonchev–Trinajstić information content (AvgIpc) is 0.867. The third-order valence-corrected chi connectivity index (χ3v) is 19.6. The lowest BCUT2D eigenvalue weighted by molar-refractivity contribution is -0.139. The van der Waals surface area contributed by atoms with Crippen molar-refractivity contribution in [2.45, 2.75) is 226 Å². The SMILES string of the molecule is CCOCC(=O)Oc1ccc(C)cc1.CCOCCC(=O)Oc1ccc(C)cc1.CCOCCCC(=O)Oc1ccc(C)cc1.CCOCCCCC(=O)Oc1ccc(C)cc1.CCOCCCCCC(=O)Oc1ccc(C)cc1.CCOCCCCCCC(=O)Oc1ccc(C)cc1.CCc1ccc(C(=O)Oc2ccc(C)cc2)cc1.CCc1ccc(OCCC(=O)Oc2ccc(C)cc2)cc1. The van der Waals surface area contributed by atoms with Crippen LogP contribution in [0, 0.1) is 55.4 Å². The van der Waals surface area contributed by atoms with E-state index in [1.807, 2.05) is 267 Å². The summed E-state index contributed by atoms with van der Waals surface area (Å²) in [5, 5.41) is 0. The fraction of sp³-hybridized carbons (Fsp3) is 0.409. The Morgan fingerprint density at radius 3 is 0.688 bits per heavy atom. The van der Waals surface area contributed by atoms with E-state index in [0.29, 0.717) is 136 Å². The molecule has 0 saturated heterocycles. The number of rotatable bonds is 48. The van der Waals surface area contributed by atoms with Crippen molar-refractivity contribution >= 4 is 47.8 Å². The fourth-order valence-corrected chi connectivity index (χ4v) is 11.6. The van der Waals surface area contributed by atoms with Crippen LogP contribution in [0.5, 0.6) is 51.7 Å². The highest BCUT2D eigenvalue weighted by Crippen LogP contribution is 2.22. The first-order valence-corrected chi connectivity index (χ1v) is 48.2. The van der Waals surface area contributed by atoms with Crippen molar-refractivity contribution in [2.75, 3.05) is 85.9 Å². The van der Waals surface area contributed by atoms with E-state index >= 15 is 0 Å². The second-order valence-electron chi connectivity index (χ2n) is 31.8. The van der Waals surface area contributed by atoms with Gasteiger partial charge in [0.25, 0.3) is 0 Å². The lowest BCUT2D eigenvalue weighted by atomic mass is 10.1. The average molecular weight is 1900 g/mol. The Morgan fingerprint density at radius 1 is 0.188 bits per heavy atom. The maximum absolute atomic E-state index is 11.9. The maximum Gasteiger partial charge on any atom is 0.343 e. The first-order valence-electron chi connectivity index (χ1n) is 48.2. The van der Waals surface area contributed by atoms with Crippen LogP contribution < -0.4 is 42.6 Å². The number of benzene rings is 10. The summed E-state index contributed by atoms with van der Waals surface area (Å²) in [4.78, 5) is 91.9. The monoisotopic (exact) mass is 1900 g/mol. The van der Waals surface area contributed by atoms with Gasteiger partial charge in [0.15, 0.2) is 0 Å². The maximum atomic E-state index is 11.9. The van der Waals surface area contributed by atoms with Gasteiger partial charge in [0.2, 0.25) is 0 Å². The van der Waals surface area contributed by atoms with Crippen molar-refractivity contribution in [3.8, 4) is 51.7 Å². The molecule has 0 aliphatic rings. The number of esters is 8. The van der Waals surface area contributed by atoms with E-state index in [1.165, 1.54) is 11.1 Å². The van der Waals surface area contributed by atoms with E-state index in [0.717, 1.165) is 154 Å². The molecule has 10 aromatic rings. The first kappa shape index (κ1) is 120. The zero-order valence-corrected chi connectivity index (χ0v) is 84.4. The summed E-state index contributed by atoms with van der Waals surface area (Å²) in [6.07, 6.45) is 13.7. The van der Waals surface area contributed by atoms with Gasteiger partial charge < -0.3 is 71.1 Å². The molecule has 0 aliphatic heterocycles. The van der Waals surface area contributed by atoms with Crippen molar-refractivity contribution in [3.05, 3.63) is 304 Å². The number of aryl methyl sites for hydroxylation is 10. The molecule has 0 atom stereocenters. The largest absolute Gasteiger partial charge is 0.493 e.